The Morgan fingerprint density at radius 3 is 2.48 bits per heavy atom. The fourth-order valence-corrected chi connectivity index (χ4v) is 3.35. The van der Waals surface area contributed by atoms with E-state index < -0.39 is 5.97 Å². The van der Waals surface area contributed by atoms with Crippen LogP contribution in [0.15, 0.2) is 46.5 Å². The van der Waals surface area contributed by atoms with Gasteiger partial charge in [0.05, 0.1) is 20.8 Å². The Bertz CT molecular complexity index is 1090. The van der Waals surface area contributed by atoms with Gasteiger partial charge in [0.1, 0.15) is 16.4 Å². The van der Waals surface area contributed by atoms with Gasteiger partial charge in [-0.3, -0.25) is 5.10 Å². The van der Waals surface area contributed by atoms with Crippen molar-refractivity contribution in [1.29, 1.82) is 0 Å². The minimum atomic E-state index is -1.13. The maximum Gasteiger partial charge on any atom is 0.342 e. The number of rotatable bonds is 9. The van der Waals surface area contributed by atoms with Crippen LogP contribution in [0.2, 0.25) is 0 Å². The van der Waals surface area contributed by atoms with E-state index in [2.05, 4.69) is 15.2 Å². The summed E-state index contributed by atoms with van der Waals surface area (Å²) in [4.78, 5) is 16.1. The summed E-state index contributed by atoms with van der Waals surface area (Å²) in [5.74, 6) is 0.735. The van der Waals surface area contributed by atoms with Crippen molar-refractivity contribution >= 4 is 23.8 Å². The number of hydrogen-bond acceptors (Lipinski definition) is 8. The molecule has 3 aromatic rings. The monoisotopic (exact) mass is 443 g/mol. The van der Waals surface area contributed by atoms with E-state index in [1.54, 1.807) is 51.5 Å². The first kappa shape index (κ1) is 22.0. The number of carbonyl (C=O) groups is 1. The molecule has 0 aliphatic carbocycles. The van der Waals surface area contributed by atoms with E-state index in [0.29, 0.717) is 35.1 Å². The number of phenolic OH excluding ortho intramolecular Hbond substituents is 1. The molecule has 2 aromatic carbocycles. The zero-order valence-electron chi connectivity index (χ0n) is 17.1. The summed E-state index contributed by atoms with van der Waals surface area (Å²) in [7, 11) is 3.09. The number of aromatic hydroxyl groups is 1. The lowest BCUT2D eigenvalue weighted by atomic mass is 10.2. The van der Waals surface area contributed by atoms with Gasteiger partial charge in [-0.1, -0.05) is 6.07 Å². The summed E-state index contributed by atoms with van der Waals surface area (Å²) in [5.41, 5.74) is 1.23. The Morgan fingerprint density at radius 1 is 1.16 bits per heavy atom. The standard InChI is InChI=1S/C21H21N3O6S/c1-4-30-17-7-12(5-6-16(17)25)8-18(20(26)27)31-21-22-19(23-24-21)13-9-14(28-2)11-15(10-13)29-3/h5-11,25H,4H2,1-3H3,(H,26,27)(H,22,23,24)/b18-8-. The van der Waals surface area contributed by atoms with Crippen LogP contribution in [0.4, 0.5) is 0 Å². The minimum Gasteiger partial charge on any atom is -0.504 e. The molecule has 1 aromatic heterocycles. The molecular formula is C21H21N3O6S. The second-order valence-corrected chi connectivity index (χ2v) is 7.15. The van der Waals surface area contributed by atoms with Crippen LogP contribution in [0.25, 0.3) is 17.5 Å². The van der Waals surface area contributed by atoms with Crippen LogP contribution in [0.1, 0.15) is 12.5 Å². The topological polar surface area (TPSA) is 127 Å². The number of thioether (sulfide) groups is 1. The van der Waals surface area contributed by atoms with Gasteiger partial charge in [-0.2, -0.15) is 0 Å². The largest absolute Gasteiger partial charge is 0.504 e. The molecule has 9 nitrogen and oxygen atoms in total. The fourth-order valence-electron chi connectivity index (χ4n) is 2.64. The molecule has 0 amide bonds. The van der Waals surface area contributed by atoms with Gasteiger partial charge in [0.15, 0.2) is 17.3 Å². The molecule has 162 valence electrons. The molecule has 0 saturated heterocycles. The van der Waals surface area contributed by atoms with Gasteiger partial charge in [0.25, 0.3) is 0 Å². The van der Waals surface area contributed by atoms with Crippen LogP contribution < -0.4 is 14.2 Å². The fraction of sp³-hybridized carbons (Fsp3) is 0.190. The van der Waals surface area contributed by atoms with Crippen molar-refractivity contribution in [3.8, 4) is 34.4 Å². The number of aromatic amines is 1. The third-order valence-corrected chi connectivity index (χ3v) is 4.96. The molecule has 0 spiro atoms. The van der Waals surface area contributed by atoms with Crippen molar-refractivity contribution in [3.05, 3.63) is 46.9 Å². The van der Waals surface area contributed by atoms with E-state index in [9.17, 15) is 15.0 Å². The van der Waals surface area contributed by atoms with E-state index in [1.165, 1.54) is 12.1 Å². The molecule has 0 bridgehead atoms. The molecule has 0 atom stereocenters. The first-order valence-electron chi connectivity index (χ1n) is 9.18. The molecule has 0 saturated carbocycles. The number of phenols is 1. The molecule has 3 N–H and O–H groups in total. The van der Waals surface area contributed by atoms with E-state index in [1.807, 2.05) is 0 Å². The van der Waals surface area contributed by atoms with Gasteiger partial charge in [-0.15, -0.1) is 5.10 Å². The van der Waals surface area contributed by atoms with E-state index in [0.717, 1.165) is 11.8 Å². The highest BCUT2D eigenvalue weighted by molar-refractivity contribution is 8.04. The summed E-state index contributed by atoms with van der Waals surface area (Å²) in [5, 5.41) is 26.6. The molecule has 0 fully saturated rings. The molecule has 1 heterocycles. The predicted octanol–water partition coefficient (Wildman–Crippen LogP) is 3.81. The Hall–Kier alpha value is -3.66. The predicted molar refractivity (Wildman–Crippen MR) is 116 cm³/mol. The lowest BCUT2D eigenvalue weighted by Crippen LogP contribution is -1.98. The normalized spacial score (nSPS) is 11.3. The maximum absolute atomic E-state index is 11.8. The number of carboxylic acids is 1. The second-order valence-electron chi connectivity index (χ2n) is 6.14. The quantitative estimate of drug-likeness (QED) is 0.334. The molecule has 31 heavy (non-hydrogen) atoms. The molecule has 0 unspecified atom stereocenters. The van der Waals surface area contributed by atoms with Crippen LogP contribution in [-0.4, -0.2) is 52.2 Å². The number of ether oxygens (including phenoxy) is 3. The Labute approximate surface area is 182 Å². The molecule has 0 radical (unpaired) electrons. The Morgan fingerprint density at radius 2 is 1.87 bits per heavy atom. The number of hydrogen-bond donors (Lipinski definition) is 3. The minimum absolute atomic E-state index is 0.00177. The summed E-state index contributed by atoms with van der Waals surface area (Å²) in [6.45, 7) is 2.16. The van der Waals surface area contributed by atoms with Gasteiger partial charge in [0.2, 0.25) is 5.16 Å². The lowest BCUT2D eigenvalue weighted by molar-refractivity contribution is -0.131. The second kappa shape index (κ2) is 9.90. The number of carboxylic acid groups (broad SMARTS) is 1. The van der Waals surface area contributed by atoms with Crippen LogP contribution in [0.3, 0.4) is 0 Å². The number of benzene rings is 2. The summed E-state index contributed by atoms with van der Waals surface area (Å²) in [6, 6.07) is 9.85. The number of H-pyrrole nitrogens is 1. The van der Waals surface area contributed by atoms with Gasteiger partial charge in [0, 0.05) is 11.6 Å². The van der Waals surface area contributed by atoms with Crippen molar-refractivity contribution in [2.24, 2.45) is 0 Å². The number of nitrogens with zero attached hydrogens (tertiary/aromatic N) is 2. The number of aliphatic carboxylic acids is 1. The SMILES string of the molecule is CCOc1cc(/C=C(\Sc2n[nH]c(-c3cc(OC)cc(OC)c3)n2)C(=O)O)ccc1O. The van der Waals surface area contributed by atoms with Crippen LogP contribution in [0, 0.1) is 0 Å². The highest BCUT2D eigenvalue weighted by Crippen LogP contribution is 2.32. The van der Waals surface area contributed by atoms with E-state index in [-0.39, 0.29) is 21.6 Å². The van der Waals surface area contributed by atoms with E-state index in [4.69, 9.17) is 14.2 Å². The Balaban J connectivity index is 1.87. The van der Waals surface area contributed by atoms with Gasteiger partial charge in [-0.05, 0) is 54.6 Å². The van der Waals surface area contributed by atoms with Crippen LogP contribution in [0.5, 0.6) is 23.0 Å². The molecule has 3 rings (SSSR count). The third kappa shape index (κ3) is 5.48. The third-order valence-electron chi connectivity index (χ3n) is 4.08. The summed E-state index contributed by atoms with van der Waals surface area (Å²) < 4.78 is 15.9. The van der Waals surface area contributed by atoms with Crippen molar-refractivity contribution in [3.63, 3.8) is 0 Å². The van der Waals surface area contributed by atoms with Gasteiger partial charge in [-0.25, -0.2) is 9.78 Å². The molecular weight excluding hydrogens is 422 g/mol. The molecule has 0 aliphatic rings. The number of methoxy groups -OCH3 is 2. The molecule has 0 aliphatic heterocycles. The number of aromatic nitrogens is 3. The smallest absolute Gasteiger partial charge is 0.342 e. The number of nitrogens with one attached hydrogen (secondary N) is 1. The van der Waals surface area contributed by atoms with Crippen molar-refractivity contribution in [2.75, 3.05) is 20.8 Å². The van der Waals surface area contributed by atoms with Crippen molar-refractivity contribution < 1.29 is 29.2 Å². The van der Waals surface area contributed by atoms with Gasteiger partial charge < -0.3 is 24.4 Å². The summed E-state index contributed by atoms with van der Waals surface area (Å²) >= 11 is 0.893. The van der Waals surface area contributed by atoms with Crippen molar-refractivity contribution in [1.82, 2.24) is 15.2 Å². The average Bonchev–Trinajstić information content (AvgIpc) is 3.24. The first-order valence-corrected chi connectivity index (χ1v) is 9.99. The van der Waals surface area contributed by atoms with Crippen LogP contribution in [-0.2, 0) is 4.79 Å². The Kier molecular flexibility index (Phi) is 7.03. The summed E-state index contributed by atoms with van der Waals surface area (Å²) in [6.07, 6.45) is 1.46. The zero-order chi connectivity index (χ0) is 22.4. The highest BCUT2D eigenvalue weighted by atomic mass is 32.2. The first-order chi connectivity index (χ1) is 14.9. The zero-order valence-corrected chi connectivity index (χ0v) is 17.9. The van der Waals surface area contributed by atoms with Crippen molar-refractivity contribution in [2.45, 2.75) is 12.1 Å². The van der Waals surface area contributed by atoms with Crippen LogP contribution >= 0.6 is 11.8 Å². The van der Waals surface area contributed by atoms with E-state index >= 15 is 0 Å². The lowest BCUT2D eigenvalue weighted by Gasteiger charge is -2.07. The average molecular weight is 443 g/mol. The molecule has 10 heteroatoms. The maximum atomic E-state index is 11.8. The highest BCUT2D eigenvalue weighted by Gasteiger charge is 2.16. The van der Waals surface area contributed by atoms with Gasteiger partial charge >= 0.3 is 5.97 Å².